The SMILES string of the molecule is O=C(Cc1ccc(Cl)cc1)NC1CCN(c2cc(C(F)(F)F)ncn2)CC1. The lowest BCUT2D eigenvalue weighted by molar-refractivity contribution is -0.141. The van der Waals surface area contributed by atoms with Gasteiger partial charge in [0.15, 0.2) is 0 Å². The van der Waals surface area contributed by atoms with Crippen LogP contribution in [-0.4, -0.2) is 35.0 Å². The first-order valence-corrected chi connectivity index (χ1v) is 8.87. The maximum absolute atomic E-state index is 12.8. The van der Waals surface area contributed by atoms with Crippen molar-refractivity contribution < 1.29 is 18.0 Å². The van der Waals surface area contributed by atoms with Crippen LogP contribution < -0.4 is 10.2 Å². The van der Waals surface area contributed by atoms with Crippen molar-refractivity contribution in [3.63, 3.8) is 0 Å². The molecular weight excluding hydrogens is 381 g/mol. The number of alkyl halides is 3. The zero-order valence-corrected chi connectivity index (χ0v) is 15.1. The second-order valence-corrected chi connectivity index (χ2v) is 6.83. The molecule has 9 heteroatoms. The average molecular weight is 399 g/mol. The van der Waals surface area contributed by atoms with Gasteiger partial charge in [0.2, 0.25) is 5.91 Å². The molecule has 0 atom stereocenters. The monoisotopic (exact) mass is 398 g/mol. The molecule has 1 aliphatic rings. The number of carbonyl (C=O) groups excluding carboxylic acids is 1. The van der Waals surface area contributed by atoms with E-state index in [4.69, 9.17) is 11.6 Å². The molecule has 1 aromatic carbocycles. The summed E-state index contributed by atoms with van der Waals surface area (Å²) < 4.78 is 38.3. The molecule has 3 rings (SSSR count). The molecule has 0 aliphatic carbocycles. The highest BCUT2D eigenvalue weighted by molar-refractivity contribution is 6.30. The zero-order chi connectivity index (χ0) is 19.4. The van der Waals surface area contributed by atoms with Crippen molar-refractivity contribution in [3.8, 4) is 0 Å². The summed E-state index contributed by atoms with van der Waals surface area (Å²) in [6.07, 6.45) is -2.03. The Balaban J connectivity index is 1.51. The number of carbonyl (C=O) groups is 1. The van der Waals surface area contributed by atoms with Crippen molar-refractivity contribution >= 4 is 23.3 Å². The predicted molar refractivity (Wildman–Crippen MR) is 95.6 cm³/mol. The Morgan fingerprint density at radius 2 is 1.85 bits per heavy atom. The van der Waals surface area contributed by atoms with Gasteiger partial charge in [-0.3, -0.25) is 4.79 Å². The predicted octanol–water partition coefficient (Wildman–Crippen LogP) is 3.48. The summed E-state index contributed by atoms with van der Waals surface area (Å²) in [7, 11) is 0. The third-order valence-electron chi connectivity index (χ3n) is 4.41. The molecule has 0 bridgehead atoms. The van der Waals surface area contributed by atoms with E-state index in [1.165, 1.54) is 0 Å². The Labute approximate surface area is 159 Å². The zero-order valence-electron chi connectivity index (χ0n) is 14.3. The first-order chi connectivity index (χ1) is 12.8. The van der Waals surface area contributed by atoms with E-state index >= 15 is 0 Å². The van der Waals surface area contributed by atoms with Crippen LogP contribution in [0.15, 0.2) is 36.7 Å². The number of nitrogens with zero attached hydrogens (tertiary/aromatic N) is 3. The average Bonchev–Trinajstić information content (AvgIpc) is 2.64. The molecule has 0 saturated carbocycles. The van der Waals surface area contributed by atoms with E-state index in [0.29, 0.717) is 31.0 Å². The van der Waals surface area contributed by atoms with Crippen molar-refractivity contribution in [1.29, 1.82) is 0 Å². The summed E-state index contributed by atoms with van der Waals surface area (Å²) >= 11 is 5.83. The van der Waals surface area contributed by atoms with Gasteiger partial charge in [-0.15, -0.1) is 0 Å². The highest BCUT2D eigenvalue weighted by Gasteiger charge is 2.33. The number of benzene rings is 1. The van der Waals surface area contributed by atoms with Crippen LogP contribution in [0.1, 0.15) is 24.1 Å². The van der Waals surface area contributed by atoms with Crippen LogP contribution in [0, 0.1) is 0 Å². The number of piperidine rings is 1. The van der Waals surface area contributed by atoms with Crippen LogP contribution in [0.25, 0.3) is 0 Å². The van der Waals surface area contributed by atoms with E-state index in [9.17, 15) is 18.0 Å². The second kappa shape index (κ2) is 8.12. The number of amides is 1. The number of aromatic nitrogens is 2. The van der Waals surface area contributed by atoms with E-state index in [1.807, 2.05) is 0 Å². The molecule has 2 heterocycles. The maximum atomic E-state index is 12.8. The van der Waals surface area contributed by atoms with Gasteiger partial charge in [0.25, 0.3) is 0 Å². The number of rotatable bonds is 4. The summed E-state index contributed by atoms with van der Waals surface area (Å²) in [5.74, 6) is 0.167. The minimum absolute atomic E-state index is 0.00928. The minimum Gasteiger partial charge on any atom is -0.356 e. The molecule has 1 fully saturated rings. The molecular formula is C18H18ClF3N4O. The van der Waals surface area contributed by atoms with Gasteiger partial charge >= 0.3 is 6.18 Å². The number of anilines is 1. The van der Waals surface area contributed by atoms with Crippen molar-refractivity contribution in [2.24, 2.45) is 0 Å². The summed E-state index contributed by atoms with van der Waals surface area (Å²) in [4.78, 5) is 21.2. The fourth-order valence-corrected chi connectivity index (χ4v) is 3.12. The van der Waals surface area contributed by atoms with Gasteiger partial charge in [0, 0.05) is 30.2 Å². The normalized spacial score (nSPS) is 15.6. The molecule has 5 nitrogen and oxygen atoms in total. The Morgan fingerprint density at radius 1 is 1.19 bits per heavy atom. The first-order valence-electron chi connectivity index (χ1n) is 8.49. The third kappa shape index (κ3) is 5.32. The molecule has 1 N–H and O–H groups in total. The van der Waals surface area contributed by atoms with Crippen LogP contribution in [0.3, 0.4) is 0 Å². The molecule has 1 aliphatic heterocycles. The molecule has 0 unspecified atom stereocenters. The third-order valence-corrected chi connectivity index (χ3v) is 4.66. The Kier molecular flexibility index (Phi) is 5.84. The summed E-state index contributed by atoms with van der Waals surface area (Å²) in [6.45, 7) is 1.03. The van der Waals surface area contributed by atoms with Crippen LogP contribution in [0.5, 0.6) is 0 Å². The molecule has 1 saturated heterocycles. The lowest BCUT2D eigenvalue weighted by atomic mass is 10.0. The molecule has 0 radical (unpaired) electrons. The molecule has 2 aromatic rings. The lowest BCUT2D eigenvalue weighted by Crippen LogP contribution is -2.45. The van der Waals surface area contributed by atoms with Crippen molar-refractivity contribution in [2.75, 3.05) is 18.0 Å². The smallest absolute Gasteiger partial charge is 0.356 e. The first kappa shape index (κ1) is 19.4. The number of hydrogen-bond acceptors (Lipinski definition) is 4. The summed E-state index contributed by atoms with van der Waals surface area (Å²) in [5, 5.41) is 3.59. The quantitative estimate of drug-likeness (QED) is 0.856. The van der Waals surface area contributed by atoms with Crippen LogP contribution in [0.4, 0.5) is 19.0 Å². The molecule has 27 heavy (non-hydrogen) atoms. The Morgan fingerprint density at radius 3 is 2.48 bits per heavy atom. The van der Waals surface area contributed by atoms with Crippen LogP contribution in [-0.2, 0) is 17.4 Å². The van der Waals surface area contributed by atoms with Gasteiger partial charge in [0.1, 0.15) is 17.8 Å². The minimum atomic E-state index is -4.49. The number of halogens is 4. The van der Waals surface area contributed by atoms with E-state index in [2.05, 4.69) is 15.3 Å². The fourth-order valence-electron chi connectivity index (χ4n) is 2.99. The fraction of sp³-hybridized carbons (Fsp3) is 0.389. The number of hydrogen-bond donors (Lipinski definition) is 1. The van der Waals surface area contributed by atoms with Crippen molar-refractivity contribution in [2.45, 2.75) is 31.5 Å². The van der Waals surface area contributed by atoms with E-state index in [0.717, 1.165) is 18.0 Å². The van der Waals surface area contributed by atoms with Crippen LogP contribution >= 0.6 is 11.6 Å². The van der Waals surface area contributed by atoms with Gasteiger partial charge in [-0.1, -0.05) is 23.7 Å². The largest absolute Gasteiger partial charge is 0.433 e. The summed E-state index contributed by atoms with van der Waals surface area (Å²) in [5.41, 5.74) is -0.0825. The molecule has 1 aromatic heterocycles. The van der Waals surface area contributed by atoms with Crippen molar-refractivity contribution in [3.05, 3.63) is 52.9 Å². The lowest BCUT2D eigenvalue weighted by Gasteiger charge is -2.33. The highest BCUT2D eigenvalue weighted by atomic mass is 35.5. The topological polar surface area (TPSA) is 58.1 Å². The molecule has 144 valence electrons. The molecule has 0 spiro atoms. The maximum Gasteiger partial charge on any atom is 0.433 e. The van der Waals surface area contributed by atoms with Gasteiger partial charge in [-0.25, -0.2) is 9.97 Å². The van der Waals surface area contributed by atoms with E-state index in [1.54, 1.807) is 29.2 Å². The second-order valence-electron chi connectivity index (χ2n) is 6.39. The standard InChI is InChI=1S/C18H18ClF3N4O/c19-13-3-1-12(2-4-13)9-17(27)25-14-5-7-26(8-6-14)16-10-15(18(20,21)22)23-11-24-16/h1-4,10-11,14H,5-9H2,(H,25,27). The van der Waals surface area contributed by atoms with Crippen LogP contribution in [0.2, 0.25) is 5.02 Å². The van der Waals surface area contributed by atoms with E-state index < -0.39 is 11.9 Å². The highest BCUT2D eigenvalue weighted by Crippen LogP contribution is 2.29. The van der Waals surface area contributed by atoms with Gasteiger partial charge in [-0.05, 0) is 30.5 Å². The Bertz CT molecular complexity index is 790. The van der Waals surface area contributed by atoms with E-state index in [-0.39, 0.29) is 24.2 Å². The summed E-state index contributed by atoms with van der Waals surface area (Å²) in [6, 6.07) is 8.03. The van der Waals surface area contributed by atoms with Gasteiger partial charge in [0.05, 0.1) is 6.42 Å². The van der Waals surface area contributed by atoms with Gasteiger partial charge in [-0.2, -0.15) is 13.2 Å². The van der Waals surface area contributed by atoms with Crippen molar-refractivity contribution in [1.82, 2.24) is 15.3 Å². The molecule has 1 amide bonds. The Hall–Kier alpha value is -2.35. The number of nitrogens with one attached hydrogen (secondary N) is 1. The van der Waals surface area contributed by atoms with Gasteiger partial charge < -0.3 is 10.2 Å².